The molecule has 2 heterocycles. The molecule has 3 N–H and O–H groups in total. The van der Waals surface area contributed by atoms with Gasteiger partial charge in [-0.25, -0.2) is 0 Å². The molecule has 42 heavy (non-hydrogen) atoms. The number of fused-ring (bicyclic) bond motifs is 2. The van der Waals surface area contributed by atoms with E-state index in [1.165, 1.54) is 31.4 Å². The van der Waals surface area contributed by atoms with Crippen LogP contribution < -0.4 is 14.2 Å². The van der Waals surface area contributed by atoms with E-state index in [4.69, 9.17) is 36.0 Å². The Bertz CT molecular complexity index is 1620. The fraction of sp³-hybridized carbons (Fsp3) is 0.367. The van der Waals surface area contributed by atoms with Crippen LogP contribution in [0, 0.1) is 11.8 Å². The van der Waals surface area contributed by atoms with Crippen LogP contribution >= 0.6 is 34.3 Å². The van der Waals surface area contributed by atoms with E-state index in [1.54, 1.807) is 30.4 Å². The zero-order valence-electron chi connectivity index (χ0n) is 23.3. The molecule has 0 unspecified atom stereocenters. The summed E-state index contributed by atoms with van der Waals surface area (Å²) < 4.78 is 18.9. The predicted octanol–water partition coefficient (Wildman–Crippen LogP) is 7.28. The lowest BCUT2D eigenvalue weighted by Gasteiger charge is -2.13. The number of phenolic OH excluding ortho intramolecular Hbond substituents is 1. The van der Waals surface area contributed by atoms with Crippen LogP contribution in [-0.4, -0.2) is 53.4 Å². The molecule has 2 aromatic carbocycles. The number of phenols is 1. The second kappa shape index (κ2) is 13.6. The Morgan fingerprint density at radius 1 is 0.905 bits per heavy atom. The number of methoxy groups -OCH3 is 1. The number of hydrogen-bond donors (Lipinski definition) is 3. The largest absolute Gasteiger partial charge is 0.504 e. The zero-order chi connectivity index (χ0) is 30.6. The van der Waals surface area contributed by atoms with E-state index >= 15 is 0 Å². The molecule has 0 radical (unpaired) electrons. The molecule has 0 bridgehead atoms. The van der Waals surface area contributed by atoms with Gasteiger partial charge in [0, 0.05) is 44.6 Å². The van der Waals surface area contributed by atoms with Crippen molar-refractivity contribution in [2.24, 2.45) is 11.8 Å². The van der Waals surface area contributed by atoms with Crippen molar-refractivity contribution in [2.75, 3.05) is 20.3 Å². The molecule has 224 valence electrons. The summed E-state index contributed by atoms with van der Waals surface area (Å²) in [7, 11) is 1.53. The van der Waals surface area contributed by atoms with Crippen LogP contribution in [0.2, 0.25) is 5.02 Å². The molecular formula is C30H31ClO9S2. The fourth-order valence-corrected chi connectivity index (χ4v) is 6.74. The molecule has 12 heteroatoms. The molecule has 0 saturated carbocycles. The van der Waals surface area contributed by atoms with Gasteiger partial charge >= 0.3 is 11.9 Å². The first-order valence-electron chi connectivity index (χ1n) is 13.3. The first kappa shape index (κ1) is 31.4. The number of carboxylic acid groups (broad SMARTS) is 2. The van der Waals surface area contributed by atoms with E-state index in [0.717, 1.165) is 15.0 Å². The standard InChI is InChI=1S/C30H31ClO9S2/c1-15(29(34)35)5-6-18-12-19-25(41-18)14-23(38-3)28(27(19)31)40-8-4-7-39-22-10-17-11-26(42-24(17)13-20(22)32)21(33)9-16(2)30(36)37/h10-16,32H,4-9H2,1-3H3,(H,34,35)(H,36,37)/t15-,16-/m0/s1. The molecule has 0 amide bonds. The summed E-state index contributed by atoms with van der Waals surface area (Å²) in [4.78, 5) is 36.2. The first-order chi connectivity index (χ1) is 20.0. The Hall–Kier alpha value is -3.54. The summed E-state index contributed by atoms with van der Waals surface area (Å²) in [5, 5.41) is 30.6. The number of ether oxygens (including phenoxy) is 3. The number of aliphatic carboxylic acids is 2. The summed E-state index contributed by atoms with van der Waals surface area (Å²) in [6.07, 6.45) is 1.53. The number of carboxylic acids is 2. The van der Waals surface area contributed by atoms with Gasteiger partial charge in [-0.05, 0) is 36.4 Å². The van der Waals surface area contributed by atoms with E-state index in [9.17, 15) is 19.5 Å². The highest BCUT2D eigenvalue weighted by Crippen LogP contribution is 2.44. The number of rotatable bonds is 15. The number of carbonyl (C=O) groups is 3. The van der Waals surface area contributed by atoms with E-state index in [2.05, 4.69) is 0 Å². The SMILES string of the molecule is COc1cc2sc(CC[C@H](C)C(=O)O)cc2c(Cl)c1OCCCOc1cc2cc(C(=O)C[C@H](C)C(=O)O)sc2cc1O. The molecule has 2 atom stereocenters. The van der Waals surface area contributed by atoms with Crippen molar-refractivity contribution in [2.45, 2.75) is 39.5 Å². The molecule has 0 aliphatic rings. The van der Waals surface area contributed by atoms with Crippen molar-refractivity contribution >= 4 is 72.2 Å². The number of Topliss-reactive ketones (excluding diaryl/α,β-unsaturated/α-hetero) is 1. The summed E-state index contributed by atoms with van der Waals surface area (Å²) in [5.74, 6) is -2.22. The van der Waals surface area contributed by atoms with Crippen LogP contribution in [-0.2, 0) is 16.0 Å². The smallest absolute Gasteiger partial charge is 0.306 e. The molecule has 0 fully saturated rings. The van der Waals surface area contributed by atoms with Crippen molar-refractivity contribution in [1.29, 1.82) is 0 Å². The van der Waals surface area contributed by atoms with E-state index in [-0.39, 0.29) is 36.9 Å². The number of thiophene rings is 2. The second-order valence-electron chi connectivity index (χ2n) is 10.0. The van der Waals surface area contributed by atoms with Gasteiger partial charge in [0.25, 0.3) is 0 Å². The van der Waals surface area contributed by atoms with Crippen molar-refractivity contribution in [3.05, 3.63) is 45.1 Å². The third-order valence-corrected chi connectivity index (χ3v) is 9.43. The normalized spacial score (nSPS) is 12.8. The molecular weight excluding hydrogens is 604 g/mol. The maximum atomic E-state index is 12.5. The summed E-state index contributed by atoms with van der Waals surface area (Å²) in [6, 6.07) is 8.68. The quantitative estimate of drug-likeness (QED) is 0.0909. The molecule has 0 spiro atoms. The van der Waals surface area contributed by atoms with Crippen LogP contribution in [0.3, 0.4) is 0 Å². The van der Waals surface area contributed by atoms with Gasteiger partial charge in [0.05, 0.1) is 42.1 Å². The summed E-state index contributed by atoms with van der Waals surface area (Å²) >= 11 is 9.44. The lowest BCUT2D eigenvalue weighted by Crippen LogP contribution is -2.13. The molecule has 9 nitrogen and oxygen atoms in total. The van der Waals surface area contributed by atoms with Gasteiger partial charge in [-0.2, -0.15) is 0 Å². The van der Waals surface area contributed by atoms with Crippen molar-refractivity contribution in [1.82, 2.24) is 0 Å². The average molecular weight is 635 g/mol. The van der Waals surface area contributed by atoms with Gasteiger partial charge in [-0.3, -0.25) is 14.4 Å². The van der Waals surface area contributed by atoms with Gasteiger partial charge in [-0.15, -0.1) is 22.7 Å². The molecule has 2 aromatic heterocycles. The zero-order valence-corrected chi connectivity index (χ0v) is 25.7. The van der Waals surface area contributed by atoms with E-state index < -0.39 is 23.8 Å². The lowest BCUT2D eigenvalue weighted by atomic mass is 10.0. The Labute approximate surface area is 255 Å². The topological polar surface area (TPSA) is 140 Å². The first-order valence-corrected chi connectivity index (χ1v) is 15.3. The summed E-state index contributed by atoms with van der Waals surface area (Å²) in [5.41, 5.74) is 0. The third kappa shape index (κ3) is 7.26. The van der Waals surface area contributed by atoms with Crippen LogP contribution in [0.5, 0.6) is 23.0 Å². The van der Waals surface area contributed by atoms with E-state index in [0.29, 0.717) is 50.7 Å². The van der Waals surface area contributed by atoms with Crippen molar-refractivity contribution in [3.8, 4) is 23.0 Å². The fourth-order valence-electron chi connectivity index (χ4n) is 4.23. The number of aromatic hydroxyl groups is 1. The third-order valence-electron chi connectivity index (χ3n) is 6.78. The molecule has 0 saturated heterocycles. The Morgan fingerprint density at radius 3 is 2.31 bits per heavy atom. The van der Waals surface area contributed by atoms with Gasteiger partial charge in [0.15, 0.2) is 28.8 Å². The highest BCUT2D eigenvalue weighted by atomic mass is 35.5. The molecule has 4 rings (SSSR count). The number of halogens is 1. The van der Waals surface area contributed by atoms with Crippen molar-refractivity contribution in [3.63, 3.8) is 0 Å². The number of hydrogen-bond acceptors (Lipinski definition) is 9. The number of ketones is 1. The maximum absolute atomic E-state index is 12.5. The van der Waals surface area contributed by atoms with Crippen LogP contribution in [0.15, 0.2) is 30.3 Å². The van der Waals surface area contributed by atoms with Crippen LogP contribution in [0.25, 0.3) is 20.2 Å². The molecule has 0 aliphatic carbocycles. The van der Waals surface area contributed by atoms with E-state index in [1.807, 2.05) is 12.1 Å². The minimum atomic E-state index is -1.02. The minimum absolute atomic E-state index is 0.0654. The second-order valence-corrected chi connectivity index (χ2v) is 12.6. The highest BCUT2D eigenvalue weighted by molar-refractivity contribution is 7.21. The number of benzene rings is 2. The predicted molar refractivity (Wildman–Crippen MR) is 163 cm³/mol. The average Bonchev–Trinajstić information content (AvgIpc) is 3.56. The molecule has 4 aromatic rings. The van der Waals surface area contributed by atoms with Crippen LogP contribution in [0.1, 0.15) is 47.7 Å². The van der Waals surface area contributed by atoms with Gasteiger partial charge in [0.2, 0.25) is 0 Å². The highest BCUT2D eigenvalue weighted by Gasteiger charge is 2.20. The van der Waals surface area contributed by atoms with Crippen molar-refractivity contribution < 1.29 is 43.9 Å². The Kier molecular flexibility index (Phi) is 10.2. The van der Waals surface area contributed by atoms with Gasteiger partial charge < -0.3 is 29.5 Å². The number of aryl methyl sites for hydroxylation is 1. The minimum Gasteiger partial charge on any atom is -0.504 e. The molecule has 0 aliphatic heterocycles. The maximum Gasteiger partial charge on any atom is 0.306 e. The monoisotopic (exact) mass is 634 g/mol. The van der Waals surface area contributed by atoms with Crippen LogP contribution in [0.4, 0.5) is 0 Å². The Morgan fingerprint density at radius 2 is 1.62 bits per heavy atom. The Balaban J connectivity index is 1.36. The summed E-state index contributed by atoms with van der Waals surface area (Å²) in [6.45, 7) is 3.67. The lowest BCUT2D eigenvalue weighted by molar-refractivity contribution is -0.142. The van der Waals surface area contributed by atoms with Gasteiger partial charge in [0.1, 0.15) is 0 Å². The number of carbonyl (C=O) groups excluding carboxylic acids is 1. The van der Waals surface area contributed by atoms with Gasteiger partial charge in [-0.1, -0.05) is 25.4 Å².